The van der Waals surface area contributed by atoms with E-state index in [9.17, 15) is 18.0 Å². The molecule has 3 aromatic rings. The summed E-state index contributed by atoms with van der Waals surface area (Å²) in [6.07, 6.45) is 2.52. The second kappa shape index (κ2) is 6.60. The molecule has 1 aromatic carbocycles. The van der Waals surface area contributed by atoms with Gasteiger partial charge in [-0.05, 0) is 24.3 Å². The highest BCUT2D eigenvalue weighted by molar-refractivity contribution is 7.90. The molecule has 2 heterocycles. The van der Waals surface area contributed by atoms with E-state index in [0.29, 0.717) is 11.2 Å². The number of carbonyl (C=O) groups is 2. The van der Waals surface area contributed by atoms with Crippen molar-refractivity contribution in [2.45, 2.75) is 12.1 Å². The van der Waals surface area contributed by atoms with Crippen molar-refractivity contribution in [2.24, 2.45) is 0 Å². The number of nitrogens with one attached hydrogen (secondary N) is 1. The van der Waals surface area contributed by atoms with Crippen LogP contribution in [-0.2, 0) is 14.6 Å². The molecule has 0 bridgehead atoms. The summed E-state index contributed by atoms with van der Waals surface area (Å²) in [7, 11) is -3.64. The van der Waals surface area contributed by atoms with Gasteiger partial charge in [0.25, 0.3) is 0 Å². The third-order valence-corrected chi connectivity index (χ3v) is 4.36. The molecule has 1 N–H and O–H groups in total. The van der Waals surface area contributed by atoms with Crippen molar-refractivity contribution in [3.05, 3.63) is 54.4 Å². The summed E-state index contributed by atoms with van der Waals surface area (Å²) < 4.78 is 30.4. The van der Waals surface area contributed by atoms with Crippen LogP contribution in [0.25, 0.3) is 5.52 Å². The summed E-state index contributed by atoms with van der Waals surface area (Å²) in [6.45, 7) is 1.36. The van der Waals surface area contributed by atoms with Gasteiger partial charge in [-0.25, -0.2) is 18.2 Å². The highest BCUT2D eigenvalue weighted by Crippen LogP contribution is 2.21. The topological polar surface area (TPSA) is 107 Å². The molecule has 0 aliphatic carbocycles. The number of carbonyl (C=O) groups excluding carboxylic acids is 2. The zero-order valence-electron chi connectivity index (χ0n) is 14.0. The largest absolute Gasteiger partial charge is 0.422 e. The van der Waals surface area contributed by atoms with Crippen molar-refractivity contribution in [2.75, 3.05) is 11.6 Å². The Kier molecular flexibility index (Phi) is 4.47. The predicted octanol–water partition coefficient (Wildman–Crippen LogP) is 1.92. The SMILES string of the molecule is CC(=O)Nc1cccc(OC(=O)c2nc(S(C)(=O)=O)n3ccccc23)c1. The van der Waals surface area contributed by atoms with E-state index < -0.39 is 15.8 Å². The number of anilines is 1. The Bertz CT molecular complexity index is 1120. The molecule has 2 aromatic heterocycles. The van der Waals surface area contributed by atoms with Crippen LogP contribution in [-0.4, -0.2) is 35.9 Å². The summed E-state index contributed by atoms with van der Waals surface area (Å²) in [5, 5.41) is 2.34. The molecule has 8 nitrogen and oxygen atoms in total. The Balaban J connectivity index is 1.98. The number of rotatable bonds is 4. The fourth-order valence-electron chi connectivity index (χ4n) is 2.42. The molecule has 0 spiro atoms. The lowest BCUT2D eigenvalue weighted by Crippen LogP contribution is -2.11. The van der Waals surface area contributed by atoms with Gasteiger partial charge in [-0.1, -0.05) is 12.1 Å². The number of ether oxygens (including phenoxy) is 1. The number of hydrogen-bond donors (Lipinski definition) is 1. The smallest absolute Gasteiger partial charge is 0.364 e. The van der Waals surface area contributed by atoms with Crippen LogP contribution in [0.4, 0.5) is 5.69 Å². The summed E-state index contributed by atoms with van der Waals surface area (Å²) in [4.78, 5) is 27.6. The van der Waals surface area contributed by atoms with Crippen molar-refractivity contribution in [1.29, 1.82) is 0 Å². The third kappa shape index (κ3) is 3.57. The van der Waals surface area contributed by atoms with E-state index in [1.165, 1.54) is 23.6 Å². The van der Waals surface area contributed by atoms with E-state index in [1.807, 2.05) is 0 Å². The van der Waals surface area contributed by atoms with Gasteiger partial charge < -0.3 is 10.1 Å². The molecule has 0 saturated carbocycles. The molecule has 0 aliphatic heterocycles. The molecule has 1 amide bonds. The van der Waals surface area contributed by atoms with Crippen LogP contribution >= 0.6 is 0 Å². The Morgan fingerprint density at radius 1 is 1.15 bits per heavy atom. The molecule has 0 saturated heterocycles. The lowest BCUT2D eigenvalue weighted by atomic mass is 10.3. The summed E-state index contributed by atoms with van der Waals surface area (Å²) in [5.74, 6) is -0.867. The molecule has 26 heavy (non-hydrogen) atoms. The second-order valence-corrected chi connectivity index (χ2v) is 7.48. The van der Waals surface area contributed by atoms with E-state index in [2.05, 4.69) is 10.3 Å². The van der Waals surface area contributed by atoms with Gasteiger partial charge >= 0.3 is 5.97 Å². The summed E-state index contributed by atoms with van der Waals surface area (Å²) in [5.41, 5.74) is 0.668. The zero-order valence-corrected chi connectivity index (χ0v) is 14.8. The van der Waals surface area contributed by atoms with Crippen LogP contribution in [0.5, 0.6) is 5.75 Å². The molecular weight excluding hydrogens is 358 g/mol. The van der Waals surface area contributed by atoms with Gasteiger partial charge in [0, 0.05) is 31.1 Å². The van der Waals surface area contributed by atoms with Gasteiger partial charge in [0.05, 0.1) is 5.52 Å². The molecule has 9 heteroatoms. The quantitative estimate of drug-likeness (QED) is 0.553. The van der Waals surface area contributed by atoms with E-state index in [0.717, 1.165) is 6.26 Å². The first kappa shape index (κ1) is 17.6. The number of esters is 1. The minimum atomic E-state index is -3.64. The van der Waals surface area contributed by atoms with Crippen molar-refractivity contribution in [1.82, 2.24) is 9.38 Å². The van der Waals surface area contributed by atoms with Crippen molar-refractivity contribution in [3.63, 3.8) is 0 Å². The normalized spacial score (nSPS) is 11.3. The number of sulfone groups is 1. The number of imidazole rings is 1. The first-order valence-electron chi connectivity index (χ1n) is 7.52. The van der Waals surface area contributed by atoms with E-state index >= 15 is 0 Å². The van der Waals surface area contributed by atoms with E-state index in [1.54, 1.807) is 36.4 Å². The maximum atomic E-state index is 12.5. The molecule has 0 aliphatic rings. The molecule has 0 unspecified atom stereocenters. The van der Waals surface area contributed by atoms with Crippen molar-refractivity contribution < 1.29 is 22.7 Å². The van der Waals surface area contributed by atoms with Crippen LogP contribution in [0.3, 0.4) is 0 Å². The third-order valence-electron chi connectivity index (χ3n) is 3.41. The molecule has 0 radical (unpaired) electrons. The van der Waals surface area contributed by atoms with E-state index in [-0.39, 0.29) is 22.5 Å². The first-order chi connectivity index (χ1) is 12.3. The second-order valence-electron chi connectivity index (χ2n) is 5.57. The number of pyridine rings is 1. The highest BCUT2D eigenvalue weighted by atomic mass is 32.2. The van der Waals surface area contributed by atoms with Gasteiger partial charge in [-0.3, -0.25) is 9.20 Å². The molecule has 134 valence electrons. The number of amides is 1. The first-order valence-corrected chi connectivity index (χ1v) is 9.42. The number of benzene rings is 1. The maximum absolute atomic E-state index is 12.5. The Morgan fingerprint density at radius 3 is 2.62 bits per heavy atom. The minimum absolute atomic E-state index is 0.115. The Hall–Kier alpha value is -3.20. The van der Waals surface area contributed by atoms with Gasteiger partial charge in [-0.2, -0.15) is 0 Å². The predicted molar refractivity (Wildman–Crippen MR) is 94.0 cm³/mol. The number of aromatic nitrogens is 2. The van der Waals surface area contributed by atoms with Crippen LogP contribution < -0.4 is 10.1 Å². The zero-order chi connectivity index (χ0) is 18.9. The van der Waals surface area contributed by atoms with E-state index in [4.69, 9.17) is 4.74 Å². The summed E-state index contributed by atoms with van der Waals surface area (Å²) in [6, 6.07) is 11.2. The average Bonchev–Trinajstić information content (AvgIpc) is 2.94. The number of nitrogens with zero attached hydrogens (tertiary/aromatic N) is 2. The molecular formula is C17H15N3O5S. The number of hydrogen-bond acceptors (Lipinski definition) is 6. The monoisotopic (exact) mass is 373 g/mol. The van der Waals surface area contributed by atoms with Gasteiger partial charge in [0.1, 0.15) is 5.75 Å². The van der Waals surface area contributed by atoms with Crippen LogP contribution in [0, 0.1) is 0 Å². The van der Waals surface area contributed by atoms with Crippen molar-refractivity contribution in [3.8, 4) is 5.75 Å². The lowest BCUT2D eigenvalue weighted by molar-refractivity contribution is -0.114. The standard InChI is InChI=1S/C17H15N3O5S/c1-11(21)18-12-6-5-7-13(10-12)25-16(22)15-14-8-3-4-9-20(14)17(19-15)26(2,23)24/h3-10H,1-2H3,(H,18,21). The molecule has 3 rings (SSSR count). The van der Waals surface area contributed by atoms with Crippen LogP contribution in [0.2, 0.25) is 0 Å². The Morgan fingerprint density at radius 2 is 1.92 bits per heavy atom. The van der Waals surface area contributed by atoms with Gasteiger partial charge in [0.2, 0.25) is 20.9 Å². The van der Waals surface area contributed by atoms with Gasteiger partial charge in [-0.15, -0.1) is 0 Å². The Labute approximate surface area is 149 Å². The molecule has 0 fully saturated rings. The van der Waals surface area contributed by atoms with Crippen molar-refractivity contribution >= 4 is 32.9 Å². The average molecular weight is 373 g/mol. The highest BCUT2D eigenvalue weighted by Gasteiger charge is 2.24. The summed E-state index contributed by atoms with van der Waals surface area (Å²) >= 11 is 0. The maximum Gasteiger partial charge on any atom is 0.364 e. The lowest BCUT2D eigenvalue weighted by Gasteiger charge is -2.06. The van der Waals surface area contributed by atoms with Crippen LogP contribution in [0.15, 0.2) is 53.8 Å². The van der Waals surface area contributed by atoms with Gasteiger partial charge in [0.15, 0.2) is 5.69 Å². The van der Waals surface area contributed by atoms with Crippen LogP contribution in [0.1, 0.15) is 17.4 Å². The minimum Gasteiger partial charge on any atom is -0.422 e. The fourth-order valence-corrected chi connectivity index (χ4v) is 3.19. The number of fused-ring (bicyclic) bond motifs is 1. The molecule has 0 atom stereocenters. The fraction of sp³-hybridized carbons (Fsp3) is 0.118.